The topological polar surface area (TPSA) is 49.4 Å². The second-order valence-corrected chi connectivity index (χ2v) is 7.61. The third-order valence-electron chi connectivity index (χ3n) is 4.72. The lowest BCUT2D eigenvalue weighted by atomic mass is 10.1. The zero-order valence-corrected chi connectivity index (χ0v) is 18.0. The van der Waals surface area contributed by atoms with Crippen LogP contribution in [0.2, 0.25) is 10.0 Å². The summed E-state index contributed by atoms with van der Waals surface area (Å²) in [5.41, 5.74) is 3.11. The fourth-order valence-electron chi connectivity index (χ4n) is 3.07. The lowest BCUT2D eigenvalue weighted by Gasteiger charge is -2.30. The Kier molecular flexibility index (Phi) is 8.34. The van der Waals surface area contributed by atoms with E-state index in [-0.39, 0.29) is 11.8 Å². The van der Waals surface area contributed by atoms with E-state index in [0.29, 0.717) is 35.9 Å². The Morgan fingerprint density at radius 1 is 1.04 bits per heavy atom. The van der Waals surface area contributed by atoms with Crippen LogP contribution in [0.25, 0.3) is 0 Å². The fraction of sp³-hybridized carbons (Fsp3) is 0.364. The molecule has 1 atom stereocenters. The van der Waals surface area contributed by atoms with Gasteiger partial charge in [0.25, 0.3) is 0 Å². The van der Waals surface area contributed by atoms with Gasteiger partial charge in [-0.05, 0) is 43.0 Å². The molecule has 2 aromatic carbocycles. The summed E-state index contributed by atoms with van der Waals surface area (Å²) in [6.45, 7) is 4.23. The Hall–Kier alpha value is -2.04. The molecule has 0 bridgehead atoms. The van der Waals surface area contributed by atoms with Gasteiger partial charge in [-0.15, -0.1) is 0 Å². The first-order chi connectivity index (χ1) is 13.3. The molecule has 0 aromatic heterocycles. The molecule has 0 saturated heterocycles. The highest BCUT2D eigenvalue weighted by molar-refractivity contribution is 6.42. The molecule has 0 aliphatic heterocycles. The number of aryl methyl sites for hydroxylation is 2. The number of nitrogens with zero attached hydrogens (tertiary/aromatic N) is 1. The van der Waals surface area contributed by atoms with E-state index in [1.54, 1.807) is 24.1 Å². The molecule has 0 radical (unpaired) electrons. The normalized spacial score (nSPS) is 11.8. The molecule has 28 heavy (non-hydrogen) atoms. The third-order valence-corrected chi connectivity index (χ3v) is 5.46. The third kappa shape index (κ3) is 5.98. The highest BCUT2D eigenvalue weighted by Gasteiger charge is 2.27. The highest BCUT2D eigenvalue weighted by Crippen LogP contribution is 2.24. The average Bonchev–Trinajstić information content (AvgIpc) is 2.69. The van der Waals surface area contributed by atoms with Gasteiger partial charge < -0.3 is 10.2 Å². The van der Waals surface area contributed by atoms with Crippen LogP contribution in [0.1, 0.15) is 36.5 Å². The molecular formula is C22H26Cl2N2O2. The minimum Gasteiger partial charge on any atom is -0.357 e. The molecule has 150 valence electrons. The van der Waals surface area contributed by atoms with E-state index in [1.807, 2.05) is 44.2 Å². The van der Waals surface area contributed by atoms with Gasteiger partial charge in [-0.2, -0.15) is 0 Å². The lowest BCUT2D eigenvalue weighted by Crippen LogP contribution is -2.48. The molecule has 2 amide bonds. The fourth-order valence-corrected chi connectivity index (χ4v) is 3.39. The van der Waals surface area contributed by atoms with Crippen LogP contribution >= 0.6 is 23.2 Å². The van der Waals surface area contributed by atoms with Crippen molar-refractivity contribution in [1.29, 1.82) is 0 Å². The second kappa shape index (κ2) is 10.5. The van der Waals surface area contributed by atoms with Crippen molar-refractivity contribution in [3.63, 3.8) is 0 Å². The molecular weight excluding hydrogens is 395 g/mol. The van der Waals surface area contributed by atoms with Crippen molar-refractivity contribution in [3.05, 3.63) is 69.2 Å². The van der Waals surface area contributed by atoms with Crippen LogP contribution < -0.4 is 5.32 Å². The summed E-state index contributed by atoms with van der Waals surface area (Å²) < 4.78 is 0. The van der Waals surface area contributed by atoms with Gasteiger partial charge >= 0.3 is 0 Å². The molecule has 0 aliphatic rings. The van der Waals surface area contributed by atoms with Gasteiger partial charge in [0.2, 0.25) is 11.8 Å². The first kappa shape index (κ1) is 22.3. The molecule has 0 spiro atoms. The maximum absolute atomic E-state index is 13.0. The van der Waals surface area contributed by atoms with Crippen LogP contribution in [0.4, 0.5) is 0 Å². The summed E-state index contributed by atoms with van der Waals surface area (Å²) in [7, 11) is 1.58. The molecule has 4 nitrogen and oxygen atoms in total. The molecule has 1 N–H and O–H groups in total. The summed E-state index contributed by atoms with van der Waals surface area (Å²) in [4.78, 5) is 27.0. The molecule has 2 aromatic rings. The van der Waals surface area contributed by atoms with E-state index in [2.05, 4.69) is 5.32 Å². The number of hydrogen-bond donors (Lipinski definition) is 1. The van der Waals surface area contributed by atoms with Crippen LogP contribution in [0.15, 0.2) is 42.5 Å². The zero-order valence-electron chi connectivity index (χ0n) is 16.5. The van der Waals surface area contributed by atoms with Gasteiger partial charge in [0.15, 0.2) is 0 Å². The Morgan fingerprint density at radius 3 is 2.25 bits per heavy atom. The second-order valence-electron chi connectivity index (χ2n) is 6.79. The summed E-state index contributed by atoms with van der Waals surface area (Å²) in [6.07, 6.45) is 1.48. The highest BCUT2D eigenvalue weighted by atomic mass is 35.5. The van der Waals surface area contributed by atoms with Crippen molar-refractivity contribution >= 4 is 35.0 Å². The van der Waals surface area contributed by atoms with Crippen molar-refractivity contribution in [2.75, 3.05) is 7.05 Å². The van der Waals surface area contributed by atoms with Crippen molar-refractivity contribution in [2.45, 2.75) is 45.7 Å². The number of benzene rings is 2. The molecule has 0 fully saturated rings. The summed E-state index contributed by atoms with van der Waals surface area (Å²) in [6, 6.07) is 12.9. The zero-order chi connectivity index (χ0) is 20.7. The maximum Gasteiger partial charge on any atom is 0.242 e. The molecule has 6 heteroatoms. The molecule has 0 unspecified atom stereocenters. The van der Waals surface area contributed by atoms with Crippen molar-refractivity contribution in [1.82, 2.24) is 10.2 Å². The Balaban J connectivity index is 2.20. The summed E-state index contributed by atoms with van der Waals surface area (Å²) >= 11 is 12.1. The number of nitrogens with one attached hydrogen (secondary N) is 1. The van der Waals surface area contributed by atoms with Crippen molar-refractivity contribution in [3.8, 4) is 0 Å². The number of hydrogen-bond acceptors (Lipinski definition) is 2. The van der Waals surface area contributed by atoms with Gasteiger partial charge in [-0.3, -0.25) is 9.59 Å². The van der Waals surface area contributed by atoms with E-state index in [9.17, 15) is 9.59 Å². The maximum atomic E-state index is 13.0. The van der Waals surface area contributed by atoms with E-state index >= 15 is 0 Å². The van der Waals surface area contributed by atoms with Gasteiger partial charge in [0, 0.05) is 20.0 Å². The van der Waals surface area contributed by atoms with Crippen LogP contribution in [-0.2, 0) is 22.6 Å². The van der Waals surface area contributed by atoms with Crippen molar-refractivity contribution < 1.29 is 9.59 Å². The van der Waals surface area contributed by atoms with Gasteiger partial charge in [0.05, 0.1) is 10.0 Å². The van der Waals surface area contributed by atoms with Crippen molar-refractivity contribution in [2.24, 2.45) is 0 Å². The number of rotatable bonds is 8. The summed E-state index contributed by atoms with van der Waals surface area (Å²) in [5, 5.41) is 3.55. The van der Waals surface area contributed by atoms with E-state index < -0.39 is 6.04 Å². The van der Waals surface area contributed by atoms with E-state index in [4.69, 9.17) is 23.2 Å². The van der Waals surface area contributed by atoms with Gasteiger partial charge in [-0.25, -0.2) is 0 Å². The summed E-state index contributed by atoms with van der Waals surface area (Å²) in [5.74, 6) is -0.242. The number of halogens is 2. The van der Waals surface area contributed by atoms with Crippen LogP contribution in [0.3, 0.4) is 0 Å². The van der Waals surface area contributed by atoms with Gasteiger partial charge in [0.1, 0.15) is 6.04 Å². The standard InChI is InChI=1S/C22H26Cl2N2O2/c1-4-20(22(28)25-3)26(14-17-9-11-18(23)19(24)13-17)21(27)12-10-16-7-5-15(2)6-8-16/h5-9,11,13,20H,4,10,12,14H2,1-3H3,(H,25,28)/t20-/m1/s1. The molecule has 0 aliphatic carbocycles. The number of amides is 2. The van der Waals surface area contributed by atoms with E-state index in [0.717, 1.165) is 11.1 Å². The van der Waals surface area contributed by atoms with E-state index in [1.165, 1.54) is 5.56 Å². The minimum atomic E-state index is -0.537. The first-order valence-electron chi connectivity index (χ1n) is 9.36. The Morgan fingerprint density at radius 2 is 1.68 bits per heavy atom. The van der Waals surface area contributed by atoms with Gasteiger partial charge in [-0.1, -0.05) is 66.0 Å². The van der Waals surface area contributed by atoms with Crippen LogP contribution in [0.5, 0.6) is 0 Å². The lowest BCUT2D eigenvalue weighted by molar-refractivity contribution is -0.141. The first-order valence-corrected chi connectivity index (χ1v) is 10.1. The number of carbonyl (C=O) groups excluding carboxylic acids is 2. The predicted molar refractivity (Wildman–Crippen MR) is 115 cm³/mol. The smallest absolute Gasteiger partial charge is 0.242 e. The van der Waals surface area contributed by atoms with Crippen LogP contribution in [-0.4, -0.2) is 29.8 Å². The SMILES string of the molecule is CC[C@H](C(=O)NC)N(Cc1ccc(Cl)c(Cl)c1)C(=O)CCc1ccc(C)cc1. The monoisotopic (exact) mass is 420 g/mol. The Bertz CT molecular complexity index is 822. The molecule has 0 saturated carbocycles. The number of likely N-dealkylation sites (N-methyl/N-ethyl adjacent to an activating group) is 1. The average molecular weight is 421 g/mol. The quantitative estimate of drug-likeness (QED) is 0.667. The molecule has 2 rings (SSSR count). The predicted octanol–water partition coefficient (Wildman–Crippen LogP) is 4.79. The minimum absolute atomic E-state index is 0.0675. The largest absolute Gasteiger partial charge is 0.357 e. The Labute approximate surface area is 176 Å². The van der Waals surface area contributed by atoms with Crippen LogP contribution in [0, 0.1) is 6.92 Å². The number of carbonyl (C=O) groups is 2. The molecule has 0 heterocycles.